The summed E-state index contributed by atoms with van der Waals surface area (Å²) in [4.78, 5) is 14.9. The molecule has 4 rings (SSSR count). The SMILES string of the molecule is O=C(Nc1cccc2c1CC(O)CC2)C1CCN(c2ccccc2O)CC1. The standard InChI is InChI=1S/C22H26N2O3/c25-17-9-8-15-4-3-5-19(18(15)14-17)23-22(27)16-10-12-24(13-11-16)20-6-1-2-7-21(20)26/h1-7,16-17,25-26H,8-14H2,(H,23,27). The number of piperidine rings is 1. The molecule has 5 nitrogen and oxygen atoms in total. The first-order valence-corrected chi connectivity index (χ1v) is 9.74. The number of aryl methyl sites for hydroxylation is 1. The van der Waals surface area contributed by atoms with Crippen molar-refractivity contribution in [2.24, 2.45) is 5.92 Å². The predicted octanol–water partition coefficient (Wildman–Crippen LogP) is 3.10. The Labute approximate surface area is 159 Å². The number of nitrogens with zero attached hydrogens (tertiary/aromatic N) is 1. The van der Waals surface area contributed by atoms with Crippen LogP contribution < -0.4 is 10.2 Å². The maximum absolute atomic E-state index is 12.8. The molecule has 1 amide bonds. The quantitative estimate of drug-likeness (QED) is 0.780. The van der Waals surface area contributed by atoms with Crippen LogP contribution in [0.1, 0.15) is 30.4 Å². The van der Waals surface area contributed by atoms with Crippen molar-refractivity contribution in [3.8, 4) is 5.75 Å². The number of para-hydroxylation sites is 2. The average Bonchev–Trinajstić information content (AvgIpc) is 2.69. The first-order valence-electron chi connectivity index (χ1n) is 9.74. The zero-order valence-corrected chi connectivity index (χ0v) is 15.4. The van der Waals surface area contributed by atoms with Gasteiger partial charge in [-0.3, -0.25) is 4.79 Å². The summed E-state index contributed by atoms with van der Waals surface area (Å²) in [7, 11) is 0. The summed E-state index contributed by atoms with van der Waals surface area (Å²) < 4.78 is 0. The Bertz CT molecular complexity index is 828. The van der Waals surface area contributed by atoms with Gasteiger partial charge in [0, 0.05) is 31.1 Å². The number of carbonyl (C=O) groups is 1. The van der Waals surface area contributed by atoms with Gasteiger partial charge in [0.25, 0.3) is 0 Å². The molecule has 1 saturated heterocycles. The number of aromatic hydroxyl groups is 1. The fraction of sp³-hybridized carbons (Fsp3) is 0.409. The topological polar surface area (TPSA) is 72.8 Å². The minimum atomic E-state index is -0.322. The molecule has 1 atom stereocenters. The summed E-state index contributed by atoms with van der Waals surface area (Å²) in [5.41, 5.74) is 3.99. The third-order valence-corrected chi connectivity index (χ3v) is 5.81. The average molecular weight is 366 g/mol. The van der Waals surface area contributed by atoms with E-state index in [4.69, 9.17) is 0 Å². The molecule has 0 bridgehead atoms. The highest BCUT2D eigenvalue weighted by molar-refractivity contribution is 5.93. The van der Waals surface area contributed by atoms with Crippen LogP contribution in [0.15, 0.2) is 42.5 Å². The molecule has 27 heavy (non-hydrogen) atoms. The molecular weight excluding hydrogens is 340 g/mol. The van der Waals surface area contributed by atoms with Crippen LogP contribution in [-0.4, -0.2) is 35.3 Å². The van der Waals surface area contributed by atoms with Crippen LogP contribution >= 0.6 is 0 Å². The molecule has 1 fully saturated rings. The number of hydrogen-bond acceptors (Lipinski definition) is 4. The van der Waals surface area contributed by atoms with Crippen LogP contribution in [-0.2, 0) is 17.6 Å². The lowest BCUT2D eigenvalue weighted by Crippen LogP contribution is -2.38. The van der Waals surface area contributed by atoms with E-state index >= 15 is 0 Å². The predicted molar refractivity (Wildman–Crippen MR) is 106 cm³/mol. The van der Waals surface area contributed by atoms with E-state index in [-0.39, 0.29) is 23.7 Å². The second-order valence-corrected chi connectivity index (χ2v) is 7.58. The zero-order valence-electron chi connectivity index (χ0n) is 15.4. The lowest BCUT2D eigenvalue weighted by molar-refractivity contribution is -0.120. The lowest BCUT2D eigenvalue weighted by atomic mass is 9.88. The molecule has 2 aliphatic rings. The van der Waals surface area contributed by atoms with Gasteiger partial charge in [0.15, 0.2) is 0 Å². The molecule has 2 aromatic carbocycles. The molecule has 0 spiro atoms. The van der Waals surface area contributed by atoms with Crippen LogP contribution in [0.3, 0.4) is 0 Å². The van der Waals surface area contributed by atoms with Gasteiger partial charge >= 0.3 is 0 Å². The van der Waals surface area contributed by atoms with Crippen LogP contribution in [0.5, 0.6) is 5.75 Å². The number of phenolic OH excluding ortho intramolecular Hbond substituents is 1. The van der Waals surface area contributed by atoms with Crippen LogP contribution in [0, 0.1) is 5.92 Å². The van der Waals surface area contributed by atoms with E-state index in [0.717, 1.165) is 55.7 Å². The van der Waals surface area contributed by atoms with Crippen molar-refractivity contribution in [2.45, 2.75) is 38.2 Å². The summed E-state index contributed by atoms with van der Waals surface area (Å²) in [6.45, 7) is 1.50. The highest BCUT2D eigenvalue weighted by Gasteiger charge is 2.27. The molecular formula is C22H26N2O3. The van der Waals surface area contributed by atoms with Gasteiger partial charge in [-0.2, -0.15) is 0 Å². The molecule has 2 aromatic rings. The molecule has 3 N–H and O–H groups in total. The van der Waals surface area contributed by atoms with Crippen LogP contribution in [0.25, 0.3) is 0 Å². The smallest absolute Gasteiger partial charge is 0.227 e. The molecule has 0 saturated carbocycles. The van der Waals surface area contributed by atoms with Gasteiger partial charge in [-0.15, -0.1) is 0 Å². The van der Waals surface area contributed by atoms with Crippen molar-refractivity contribution < 1.29 is 15.0 Å². The fourth-order valence-corrected chi connectivity index (χ4v) is 4.24. The fourth-order valence-electron chi connectivity index (χ4n) is 4.24. The Kier molecular flexibility index (Phi) is 5.03. The molecule has 0 aromatic heterocycles. The number of rotatable bonds is 3. The van der Waals surface area contributed by atoms with E-state index in [1.807, 2.05) is 30.3 Å². The van der Waals surface area contributed by atoms with Gasteiger partial charge in [-0.25, -0.2) is 0 Å². The van der Waals surface area contributed by atoms with Gasteiger partial charge in [-0.1, -0.05) is 24.3 Å². The third kappa shape index (κ3) is 3.78. The Morgan fingerprint density at radius 2 is 1.81 bits per heavy atom. The summed E-state index contributed by atoms with van der Waals surface area (Å²) in [6.07, 6.45) is 3.46. The van der Waals surface area contributed by atoms with Gasteiger partial charge < -0.3 is 20.4 Å². The number of nitrogens with one attached hydrogen (secondary N) is 1. The van der Waals surface area contributed by atoms with E-state index in [9.17, 15) is 15.0 Å². The molecule has 0 radical (unpaired) electrons. The zero-order chi connectivity index (χ0) is 18.8. The second kappa shape index (κ2) is 7.61. The summed E-state index contributed by atoms with van der Waals surface area (Å²) in [6, 6.07) is 13.3. The summed E-state index contributed by atoms with van der Waals surface area (Å²) >= 11 is 0. The van der Waals surface area contributed by atoms with Crippen molar-refractivity contribution >= 4 is 17.3 Å². The van der Waals surface area contributed by atoms with E-state index in [1.54, 1.807) is 6.07 Å². The highest BCUT2D eigenvalue weighted by Crippen LogP contribution is 2.32. The number of amides is 1. The first kappa shape index (κ1) is 17.9. The van der Waals surface area contributed by atoms with Gasteiger partial charge in [-0.05, 0) is 55.0 Å². The van der Waals surface area contributed by atoms with Gasteiger partial charge in [0.2, 0.25) is 5.91 Å². The summed E-state index contributed by atoms with van der Waals surface area (Å²) in [5.74, 6) is 0.312. The number of aliphatic hydroxyl groups excluding tert-OH is 1. The Morgan fingerprint density at radius 1 is 1.04 bits per heavy atom. The number of benzene rings is 2. The monoisotopic (exact) mass is 366 g/mol. The number of carbonyl (C=O) groups excluding carboxylic acids is 1. The van der Waals surface area contributed by atoms with Crippen molar-refractivity contribution in [3.05, 3.63) is 53.6 Å². The van der Waals surface area contributed by atoms with Gasteiger partial charge in [0.1, 0.15) is 5.75 Å². The number of fused-ring (bicyclic) bond motifs is 1. The lowest BCUT2D eigenvalue weighted by Gasteiger charge is -2.33. The Morgan fingerprint density at radius 3 is 2.59 bits per heavy atom. The van der Waals surface area contributed by atoms with Gasteiger partial charge in [0.05, 0.1) is 11.8 Å². The second-order valence-electron chi connectivity index (χ2n) is 7.58. The Hall–Kier alpha value is -2.53. The largest absolute Gasteiger partial charge is 0.506 e. The maximum Gasteiger partial charge on any atom is 0.227 e. The minimum Gasteiger partial charge on any atom is -0.506 e. The van der Waals surface area contributed by atoms with Crippen molar-refractivity contribution in [2.75, 3.05) is 23.3 Å². The maximum atomic E-state index is 12.8. The van der Waals surface area contributed by atoms with E-state index in [2.05, 4.69) is 16.3 Å². The molecule has 1 aliphatic carbocycles. The molecule has 1 unspecified atom stereocenters. The minimum absolute atomic E-state index is 0.0310. The number of aliphatic hydroxyl groups is 1. The number of anilines is 2. The van der Waals surface area contributed by atoms with E-state index < -0.39 is 0 Å². The number of hydrogen-bond donors (Lipinski definition) is 3. The third-order valence-electron chi connectivity index (χ3n) is 5.81. The normalized spacial score (nSPS) is 20.2. The van der Waals surface area contributed by atoms with Crippen molar-refractivity contribution in [1.29, 1.82) is 0 Å². The van der Waals surface area contributed by atoms with Crippen LogP contribution in [0.2, 0.25) is 0 Å². The highest BCUT2D eigenvalue weighted by atomic mass is 16.3. The molecule has 142 valence electrons. The number of phenols is 1. The Balaban J connectivity index is 1.40. The van der Waals surface area contributed by atoms with Crippen molar-refractivity contribution in [3.63, 3.8) is 0 Å². The van der Waals surface area contributed by atoms with E-state index in [0.29, 0.717) is 6.42 Å². The van der Waals surface area contributed by atoms with Crippen molar-refractivity contribution in [1.82, 2.24) is 0 Å². The molecule has 1 aliphatic heterocycles. The molecule has 1 heterocycles. The van der Waals surface area contributed by atoms with E-state index in [1.165, 1.54) is 5.56 Å². The first-order chi connectivity index (χ1) is 13.1. The molecule has 5 heteroatoms. The van der Waals surface area contributed by atoms with Crippen LogP contribution in [0.4, 0.5) is 11.4 Å². The summed E-state index contributed by atoms with van der Waals surface area (Å²) in [5, 5.41) is 23.1.